The lowest BCUT2D eigenvalue weighted by molar-refractivity contribution is -0.120. The van der Waals surface area contributed by atoms with Crippen LogP contribution in [0.5, 0.6) is 0 Å². The third-order valence-electron chi connectivity index (χ3n) is 3.36. The highest BCUT2D eigenvalue weighted by Gasteiger charge is 2.43. The Kier molecular flexibility index (Phi) is 2.17. The molecule has 1 spiro atoms. The number of nitrogens with zero attached hydrogens (tertiary/aromatic N) is 1. The Balaban J connectivity index is 1.96. The first-order valence-corrected chi connectivity index (χ1v) is 6.68. The van der Waals surface area contributed by atoms with Crippen molar-refractivity contribution in [1.29, 1.82) is 0 Å². The zero-order valence-electron chi connectivity index (χ0n) is 9.25. The minimum Gasteiger partial charge on any atom is -0.368 e. The number of aryl methyl sites for hydroxylation is 1. The number of hydrogen-bond acceptors (Lipinski definition) is 3. The van der Waals surface area contributed by atoms with E-state index in [1.807, 2.05) is 35.8 Å². The molecule has 1 fully saturated rings. The fourth-order valence-electron chi connectivity index (χ4n) is 2.41. The zero-order chi connectivity index (χ0) is 11.2. The molecule has 3 rings (SSSR count). The van der Waals surface area contributed by atoms with E-state index in [1.54, 1.807) is 0 Å². The van der Waals surface area contributed by atoms with Gasteiger partial charge >= 0.3 is 0 Å². The fraction of sp³-hybridized carbons (Fsp3) is 0.545. The highest BCUT2D eigenvalue weighted by atomic mass is 32.2. The molecule has 4 nitrogen and oxygen atoms in total. The summed E-state index contributed by atoms with van der Waals surface area (Å²) >= 11 is 1.93. The maximum absolute atomic E-state index is 12.2. The van der Waals surface area contributed by atoms with Crippen molar-refractivity contribution in [3.05, 3.63) is 12.4 Å². The van der Waals surface area contributed by atoms with Crippen LogP contribution < -0.4 is 10.6 Å². The highest BCUT2D eigenvalue weighted by Crippen LogP contribution is 2.38. The van der Waals surface area contributed by atoms with Crippen LogP contribution in [0.25, 0.3) is 0 Å². The molecule has 2 aliphatic rings. The van der Waals surface area contributed by atoms with Crippen LogP contribution >= 0.6 is 11.8 Å². The second-order valence-corrected chi connectivity index (χ2v) is 5.75. The van der Waals surface area contributed by atoms with Crippen LogP contribution in [-0.2, 0) is 11.8 Å². The maximum Gasteiger partial charge on any atom is 0.250 e. The minimum atomic E-state index is -0.362. The average Bonchev–Trinajstić information content (AvgIpc) is 2.60. The molecule has 86 valence electrons. The van der Waals surface area contributed by atoms with Gasteiger partial charge in [0.1, 0.15) is 5.54 Å². The number of thioether (sulfide) groups is 1. The molecule has 0 bridgehead atoms. The first-order valence-electron chi connectivity index (χ1n) is 5.53. The number of anilines is 2. The molecule has 0 saturated carbocycles. The Morgan fingerprint density at radius 3 is 2.75 bits per heavy atom. The van der Waals surface area contributed by atoms with Gasteiger partial charge in [-0.05, 0) is 24.3 Å². The summed E-state index contributed by atoms with van der Waals surface area (Å²) in [6.45, 7) is 0. The number of fused-ring (bicyclic) bond motifs is 1. The summed E-state index contributed by atoms with van der Waals surface area (Å²) in [5.74, 6) is 2.25. The third kappa shape index (κ3) is 1.42. The van der Waals surface area contributed by atoms with Crippen LogP contribution in [0.15, 0.2) is 12.4 Å². The lowest BCUT2D eigenvalue weighted by atomic mass is 9.89. The molecule has 1 saturated heterocycles. The average molecular weight is 237 g/mol. The standard InChI is InChI=1S/C11H15N3OS/c1-14-6-8-9(7-14)13-11(10(15)12-8)2-4-16-5-3-11/h6-7,13H,2-5H2,1H3,(H,12,15). The van der Waals surface area contributed by atoms with E-state index in [0.717, 1.165) is 35.7 Å². The third-order valence-corrected chi connectivity index (χ3v) is 4.34. The van der Waals surface area contributed by atoms with E-state index in [0.29, 0.717) is 0 Å². The minimum absolute atomic E-state index is 0.131. The van der Waals surface area contributed by atoms with Crippen molar-refractivity contribution >= 4 is 29.0 Å². The lowest BCUT2D eigenvalue weighted by Crippen LogP contribution is -2.54. The van der Waals surface area contributed by atoms with Gasteiger partial charge < -0.3 is 15.2 Å². The monoisotopic (exact) mass is 237 g/mol. The molecular weight excluding hydrogens is 222 g/mol. The molecule has 0 atom stereocenters. The van der Waals surface area contributed by atoms with Crippen LogP contribution in [0, 0.1) is 0 Å². The van der Waals surface area contributed by atoms with E-state index in [1.165, 1.54) is 0 Å². The van der Waals surface area contributed by atoms with Crippen LogP contribution in [0.3, 0.4) is 0 Å². The summed E-state index contributed by atoms with van der Waals surface area (Å²) in [4.78, 5) is 12.2. The molecule has 3 heterocycles. The maximum atomic E-state index is 12.2. The number of hydrogen-bond donors (Lipinski definition) is 2. The summed E-state index contributed by atoms with van der Waals surface area (Å²) in [6, 6.07) is 0. The summed E-state index contributed by atoms with van der Waals surface area (Å²) in [6.07, 6.45) is 5.79. The summed E-state index contributed by atoms with van der Waals surface area (Å²) in [7, 11) is 1.97. The fourth-order valence-corrected chi connectivity index (χ4v) is 3.60. The van der Waals surface area contributed by atoms with Crippen LogP contribution in [-0.4, -0.2) is 27.5 Å². The molecule has 1 amide bonds. The molecular formula is C11H15N3OS. The zero-order valence-corrected chi connectivity index (χ0v) is 10.1. The number of carbonyl (C=O) groups excluding carboxylic acids is 1. The smallest absolute Gasteiger partial charge is 0.250 e. The molecule has 1 aromatic rings. The summed E-state index contributed by atoms with van der Waals surface area (Å²) < 4.78 is 1.97. The molecule has 16 heavy (non-hydrogen) atoms. The Morgan fingerprint density at radius 1 is 1.31 bits per heavy atom. The van der Waals surface area contributed by atoms with Gasteiger partial charge in [0.2, 0.25) is 5.91 Å². The van der Waals surface area contributed by atoms with E-state index in [9.17, 15) is 4.79 Å². The van der Waals surface area contributed by atoms with Gasteiger partial charge in [-0.1, -0.05) is 0 Å². The number of amides is 1. The van der Waals surface area contributed by atoms with Gasteiger partial charge in [-0.25, -0.2) is 0 Å². The van der Waals surface area contributed by atoms with E-state index in [4.69, 9.17) is 0 Å². The Morgan fingerprint density at radius 2 is 2.00 bits per heavy atom. The first kappa shape index (κ1) is 10.1. The van der Waals surface area contributed by atoms with E-state index in [2.05, 4.69) is 10.6 Å². The number of rotatable bonds is 0. The highest BCUT2D eigenvalue weighted by molar-refractivity contribution is 7.99. The summed E-state index contributed by atoms with van der Waals surface area (Å²) in [5.41, 5.74) is 1.59. The second-order valence-electron chi connectivity index (χ2n) is 4.52. The molecule has 0 aliphatic carbocycles. The predicted molar refractivity (Wildman–Crippen MR) is 67.0 cm³/mol. The number of carbonyl (C=O) groups is 1. The predicted octanol–water partition coefficient (Wildman–Crippen LogP) is 1.65. The van der Waals surface area contributed by atoms with Crippen molar-refractivity contribution in [1.82, 2.24) is 4.57 Å². The first-order chi connectivity index (χ1) is 7.70. The summed E-state index contributed by atoms with van der Waals surface area (Å²) in [5, 5.41) is 6.45. The van der Waals surface area contributed by atoms with Crippen molar-refractivity contribution in [2.75, 3.05) is 22.1 Å². The van der Waals surface area contributed by atoms with E-state index >= 15 is 0 Å². The van der Waals surface area contributed by atoms with Crippen molar-refractivity contribution in [3.8, 4) is 0 Å². The molecule has 5 heteroatoms. The van der Waals surface area contributed by atoms with Gasteiger partial charge in [-0.2, -0.15) is 11.8 Å². The van der Waals surface area contributed by atoms with Gasteiger partial charge in [-0.15, -0.1) is 0 Å². The lowest BCUT2D eigenvalue weighted by Gasteiger charge is -2.39. The van der Waals surface area contributed by atoms with Crippen molar-refractivity contribution in [3.63, 3.8) is 0 Å². The van der Waals surface area contributed by atoms with Crippen LogP contribution in [0.2, 0.25) is 0 Å². The van der Waals surface area contributed by atoms with Gasteiger partial charge in [0, 0.05) is 19.4 Å². The van der Waals surface area contributed by atoms with Crippen molar-refractivity contribution in [2.45, 2.75) is 18.4 Å². The Labute approximate surface area is 98.8 Å². The largest absolute Gasteiger partial charge is 0.368 e. The normalized spacial score (nSPS) is 22.4. The van der Waals surface area contributed by atoms with Gasteiger partial charge in [0.15, 0.2) is 0 Å². The van der Waals surface area contributed by atoms with E-state index in [-0.39, 0.29) is 11.4 Å². The topological polar surface area (TPSA) is 46.1 Å². The number of aromatic nitrogens is 1. The second kappa shape index (κ2) is 3.45. The van der Waals surface area contributed by atoms with Crippen molar-refractivity contribution in [2.24, 2.45) is 7.05 Å². The van der Waals surface area contributed by atoms with Gasteiger partial charge in [0.05, 0.1) is 11.4 Å². The number of nitrogens with one attached hydrogen (secondary N) is 2. The van der Waals surface area contributed by atoms with E-state index < -0.39 is 0 Å². The van der Waals surface area contributed by atoms with Crippen LogP contribution in [0.1, 0.15) is 12.8 Å². The quantitative estimate of drug-likeness (QED) is 0.721. The van der Waals surface area contributed by atoms with Gasteiger partial charge in [-0.3, -0.25) is 4.79 Å². The Hall–Kier alpha value is -1.10. The molecule has 1 aromatic heterocycles. The molecule has 0 radical (unpaired) electrons. The van der Waals surface area contributed by atoms with Gasteiger partial charge in [0.25, 0.3) is 0 Å². The SMILES string of the molecule is Cn1cc2c(c1)NC1(CCSCC1)C(=O)N2. The van der Waals surface area contributed by atoms with Crippen LogP contribution in [0.4, 0.5) is 11.4 Å². The molecule has 0 aromatic carbocycles. The Bertz CT molecular complexity index is 434. The molecule has 2 aliphatic heterocycles. The molecule has 0 unspecified atom stereocenters. The van der Waals surface area contributed by atoms with Crippen molar-refractivity contribution < 1.29 is 4.79 Å². The molecule has 2 N–H and O–H groups in total.